The number of hydrogen-bond acceptors (Lipinski definition) is 14. The lowest BCUT2D eigenvalue weighted by molar-refractivity contribution is 0.319. The number of aromatic nitrogens is 1. The molecule has 0 amide bonds. The molecule has 6 rings (SSSR count). The highest BCUT2D eigenvalue weighted by molar-refractivity contribution is 7.93. The van der Waals surface area contributed by atoms with Crippen LogP contribution in [-0.4, -0.2) is 74.9 Å². The Morgan fingerprint density at radius 1 is 0.654 bits per heavy atom. The average Bonchev–Trinajstić information content (AvgIpc) is 3.05. The number of rotatable bonds is 9. The fraction of sp³-hybridized carbons (Fsp3) is 0.0645. The molecule has 4 aromatic rings. The van der Waals surface area contributed by atoms with Gasteiger partial charge in [0.2, 0.25) is 0 Å². The molecule has 17 nitrogen and oxygen atoms in total. The Kier molecular flexibility index (Phi) is 8.83. The van der Waals surface area contributed by atoms with Crippen LogP contribution in [0, 0.1) is 10.4 Å². The van der Waals surface area contributed by atoms with E-state index in [2.05, 4.69) is 10.3 Å². The number of aliphatic hydroxyl groups is 2. The molecule has 0 fully saturated rings. The molecule has 6 N–H and O–H groups in total. The minimum atomic E-state index is -5.55. The third-order valence-electron chi connectivity index (χ3n) is 7.99. The molecule has 1 aliphatic carbocycles. The van der Waals surface area contributed by atoms with Crippen molar-refractivity contribution in [1.82, 2.24) is 4.98 Å². The van der Waals surface area contributed by atoms with Crippen molar-refractivity contribution in [3.8, 4) is 0 Å². The minimum Gasteiger partial charge on any atom is -0.506 e. The third-order valence-corrected chi connectivity index (χ3v) is 12.5. The first kappa shape index (κ1) is 36.7. The molecule has 1 heterocycles. The molecule has 0 bridgehead atoms. The van der Waals surface area contributed by atoms with E-state index in [1.165, 1.54) is 48.5 Å². The van der Waals surface area contributed by atoms with Gasteiger partial charge in [-0.3, -0.25) is 23.2 Å². The Bertz CT molecular complexity index is 3200. The highest BCUT2D eigenvalue weighted by Crippen LogP contribution is 2.37. The summed E-state index contributed by atoms with van der Waals surface area (Å²) in [5.41, 5.74) is -4.45. The topological polar surface area (TPSA) is 297 Å². The summed E-state index contributed by atoms with van der Waals surface area (Å²) in [6.07, 6.45) is 0. The molecule has 1 aliphatic heterocycles. The average molecular weight is 791 g/mol. The Hall–Kier alpha value is -5.13. The Morgan fingerprint density at radius 3 is 1.79 bits per heavy atom. The molecule has 0 atom stereocenters. The van der Waals surface area contributed by atoms with E-state index in [0.717, 1.165) is 0 Å². The zero-order valence-electron chi connectivity index (χ0n) is 25.7. The summed E-state index contributed by atoms with van der Waals surface area (Å²) in [5, 5.41) is 21.2. The predicted octanol–water partition coefficient (Wildman–Crippen LogP) is 0.954. The Morgan fingerprint density at radius 2 is 1.21 bits per heavy atom. The monoisotopic (exact) mass is 790 g/mol. The molecule has 4 aromatic carbocycles. The molecular weight excluding hydrogens is 769 g/mol. The lowest BCUT2D eigenvalue weighted by Gasteiger charge is -2.18. The van der Waals surface area contributed by atoms with Crippen LogP contribution >= 0.6 is 0 Å². The second-order valence-electron chi connectivity index (χ2n) is 11.2. The van der Waals surface area contributed by atoms with Gasteiger partial charge in [0, 0.05) is 21.4 Å². The van der Waals surface area contributed by atoms with Crippen molar-refractivity contribution in [3.63, 3.8) is 0 Å². The molecule has 0 aromatic heterocycles. The van der Waals surface area contributed by atoms with Gasteiger partial charge in [-0.2, -0.15) is 25.3 Å². The quantitative estimate of drug-likeness (QED) is 0.111. The summed E-state index contributed by atoms with van der Waals surface area (Å²) in [5.74, 6) is -1.79. The Labute approximate surface area is 292 Å². The van der Waals surface area contributed by atoms with E-state index in [1.807, 2.05) is 0 Å². The number of hydrogen-bond donors (Lipinski definition) is 6. The molecule has 0 unspecified atom stereocenters. The lowest BCUT2D eigenvalue weighted by Crippen LogP contribution is -2.33. The van der Waals surface area contributed by atoms with Gasteiger partial charge >= 0.3 is 0 Å². The summed E-state index contributed by atoms with van der Waals surface area (Å²) in [4.78, 5) is 26.4. The van der Waals surface area contributed by atoms with Crippen molar-refractivity contribution in [1.29, 1.82) is 0 Å². The van der Waals surface area contributed by atoms with Crippen LogP contribution < -0.4 is 21.5 Å². The van der Waals surface area contributed by atoms with Crippen molar-refractivity contribution in [2.75, 3.05) is 17.7 Å². The van der Waals surface area contributed by atoms with E-state index in [-0.39, 0.29) is 27.6 Å². The van der Waals surface area contributed by atoms with Crippen molar-refractivity contribution in [2.24, 2.45) is 0 Å². The first-order valence-corrected chi connectivity index (χ1v) is 20.3. The lowest BCUT2D eigenvalue weighted by atomic mass is 9.96. The smallest absolute Gasteiger partial charge is 0.296 e. The highest BCUT2D eigenvalue weighted by Gasteiger charge is 2.32. The molecule has 0 saturated carbocycles. The molecular formula is C31H22N2O15S4. The van der Waals surface area contributed by atoms with Gasteiger partial charge in [-0.1, -0.05) is 54.6 Å². The molecule has 52 heavy (non-hydrogen) atoms. The van der Waals surface area contributed by atoms with Gasteiger partial charge in [0.15, 0.2) is 15.3 Å². The van der Waals surface area contributed by atoms with Crippen LogP contribution in [0.25, 0.3) is 27.4 Å². The summed E-state index contributed by atoms with van der Waals surface area (Å²) in [7, 11) is -21.3. The number of nitrogens with one attached hydrogen (secondary N) is 1. The second kappa shape index (κ2) is 12.5. The van der Waals surface area contributed by atoms with Gasteiger partial charge in [-0.25, -0.2) is 13.4 Å². The van der Waals surface area contributed by atoms with Gasteiger partial charge in [0.25, 0.3) is 35.9 Å². The van der Waals surface area contributed by atoms with E-state index in [1.54, 1.807) is 6.07 Å². The Balaban J connectivity index is 1.91. The maximum atomic E-state index is 14.3. The fourth-order valence-corrected chi connectivity index (χ4v) is 9.65. The maximum Gasteiger partial charge on any atom is 0.296 e. The summed E-state index contributed by atoms with van der Waals surface area (Å²) in [6, 6.07) is 14.1. The number of aliphatic hydroxyl groups excluding tert-OH is 2. The van der Waals surface area contributed by atoms with Crippen LogP contribution in [-0.2, 0) is 40.2 Å². The van der Waals surface area contributed by atoms with E-state index in [4.69, 9.17) is 0 Å². The second-order valence-corrected chi connectivity index (χ2v) is 17.4. The number of sulfone groups is 1. The minimum absolute atomic E-state index is 0.00827. The molecule has 0 radical (unpaired) electrons. The van der Waals surface area contributed by atoms with E-state index >= 15 is 0 Å². The molecule has 0 spiro atoms. The van der Waals surface area contributed by atoms with Crippen LogP contribution in [0.3, 0.4) is 0 Å². The number of anilines is 2. The van der Waals surface area contributed by atoms with Gasteiger partial charge in [-0.15, -0.1) is 0 Å². The summed E-state index contributed by atoms with van der Waals surface area (Å²) >= 11 is 0. The SMILES string of the molecule is O=c1nc2c(S(=O)(=O)O)cc(Nc3cc(S(=O)(=O)CCO)c(S(=O)(=O)O)cc3S(=O)(=O)O)c3c2=c(c1=C(O)c1ccccc1)c1ccccc1c3=O. The number of nitrogens with zero attached hydrogens (tertiary/aromatic N) is 1. The van der Waals surface area contributed by atoms with Gasteiger partial charge in [0.05, 0.1) is 44.8 Å². The van der Waals surface area contributed by atoms with Crippen LogP contribution in [0.15, 0.2) is 102 Å². The predicted molar refractivity (Wildman–Crippen MR) is 183 cm³/mol. The first-order valence-electron chi connectivity index (χ1n) is 14.4. The number of benzene rings is 4. The van der Waals surface area contributed by atoms with Crippen molar-refractivity contribution < 1.29 is 57.5 Å². The van der Waals surface area contributed by atoms with E-state index in [0.29, 0.717) is 12.1 Å². The highest BCUT2D eigenvalue weighted by atomic mass is 32.2. The van der Waals surface area contributed by atoms with Gasteiger partial charge < -0.3 is 15.5 Å². The summed E-state index contributed by atoms with van der Waals surface area (Å²) < 4.78 is 131. The maximum absolute atomic E-state index is 14.3. The fourth-order valence-electron chi connectivity index (χ4n) is 5.86. The zero-order chi connectivity index (χ0) is 38.1. The molecule has 2 aliphatic rings. The standard InChI is InChI=1S/C31H22N2O15S4/c34-10-11-49(38,39)21-12-18(20(50(40,41)42)14-22(21)51(43,44)45)32-19-13-23(52(46,47)48)28-26-24(16-8-4-5-9-17(16)30(36)25(19)26)27(31(37)33-28)29(35)15-6-2-1-3-7-15/h1-9,12-14,32,34-35H,10-11H2,(H,40,41,42)(H,43,44,45)(H,46,47,48). The van der Waals surface area contributed by atoms with Crippen LogP contribution in [0.2, 0.25) is 0 Å². The molecule has 21 heteroatoms. The van der Waals surface area contributed by atoms with E-state index < -0.39 is 122 Å². The zero-order valence-corrected chi connectivity index (χ0v) is 29.0. The van der Waals surface area contributed by atoms with Crippen LogP contribution in [0.1, 0.15) is 5.56 Å². The number of fused-ring (bicyclic) bond motifs is 2. The molecule has 0 saturated heterocycles. The molecule has 270 valence electrons. The summed E-state index contributed by atoms with van der Waals surface area (Å²) in [6.45, 7) is -1.07. The van der Waals surface area contributed by atoms with Gasteiger partial charge in [-0.05, 0) is 23.6 Å². The van der Waals surface area contributed by atoms with E-state index in [9.17, 15) is 67.1 Å². The first-order chi connectivity index (χ1) is 24.2. The van der Waals surface area contributed by atoms with Crippen molar-refractivity contribution in [2.45, 2.75) is 19.6 Å². The normalized spacial score (nSPS) is 13.5. The van der Waals surface area contributed by atoms with Crippen molar-refractivity contribution >= 4 is 79.0 Å². The largest absolute Gasteiger partial charge is 0.506 e. The third kappa shape index (κ3) is 6.22. The van der Waals surface area contributed by atoms with Crippen LogP contribution in [0.5, 0.6) is 0 Å². The van der Waals surface area contributed by atoms with Gasteiger partial charge in [0.1, 0.15) is 20.4 Å². The van der Waals surface area contributed by atoms with Crippen molar-refractivity contribution in [3.05, 3.63) is 115 Å². The van der Waals surface area contributed by atoms with Crippen LogP contribution in [0.4, 0.5) is 11.4 Å².